The average molecular weight is 407 g/mol. The molecule has 2 aromatic rings. The highest BCUT2D eigenvalue weighted by molar-refractivity contribution is 7.17. The first-order chi connectivity index (χ1) is 13.0. The molecule has 27 heavy (non-hydrogen) atoms. The molecule has 1 aliphatic carbocycles. The Morgan fingerprint density at radius 2 is 2.04 bits per heavy atom. The molecule has 3 rings (SSSR count). The third kappa shape index (κ3) is 5.17. The van der Waals surface area contributed by atoms with E-state index in [4.69, 9.17) is 10.5 Å². The number of aryl methyl sites for hydroxylation is 2. The molecule has 0 aliphatic heterocycles. The largest absolute Gasteiger partial charge is 0.456 e. The Balaban J connectivity index is 1.48. The zero-order valence-electron chi connectivity index (χ0n) is 14.9. The van der Waals surface area contributed by atoms with E-state index in [1.807, 2.05) is 17.5 Å². The van der Waals surface area contributed by atoms with Gasteiger partial charge in [0.2, 0.25) is 0 Å². The van der Waals surface area contributed by atoms with E-state index in [-0.39, 0.29) is 13.0 Å². The normalized spacial score (nSPS) is 13.0. The number of rotatable bonds is 8. The van der Waals surface area contributed by atoms with Crippen LogP contribution in [0.15, 0.2) is 17.5 Å². The fraction of sp³-hybridized carbons (Fsp3) is 0.421. The number of hydrogen-bond donors (Lipinski definition) is 2. The predicted molar refractivity (Wildman–Crippen MR) is 106 cm³/mol. The summed E-state index contributed by atoms with van der Waals surface area (Å²) in [6.45, 7) is -0.362. The molecular formula is C19H22N2O4S2. The smallest absolute Gasteiger partial charge is 0.306 e. The third-order valence-electron chi connectivity index (χ3n) is 4.42. The minimum Gasteiger partial charge on any atom is -0.456 e. The average Bonchev–Trinajstić information content (AvgIpc) is 3.27. The molecule has 0 unspecified atom stereocenters. The zero-order valence-corrected chi connectivity index (χ0v) is 16.5. The summed E-state index contributed by atoms with van der Waals surface area (Å²) in [4.78, 5) is 38.1. The lowest BCUT2D eigenvalue weighted by atomic mass is 9.95. The van der Waals surface area contributed by atoms with Crippen molar-refractivity contribution in [1.29, 1.82) is 0 Å². The Morgan fingerprint density at radius 3 is 2.78 bits per heavy atom. The highest BCUT2D eigenvalue weighted by Gasteiger charge is 2.25. The van der Waals surface area contributed by atoms with E-state index < -0.39 is 17.8 Å². The number of anilines is 1. The maximum absolute atomic E-state index is 12.1. The molecule has 6 nitrogen and oxygen atoms in total. The summed E-state index contributed by atoms with van der Waals surface area (Å²) in [6.07, 6.45) is 5.56. The monoisotopic (exact) mass is 406 g/mol. The fourth-order valence-electron chi connectivity index (χ4n) is 3.16. The maximum atomic E-state index is 12.1. The Kier molecular flexibility index (Phi) is 6.63. The number of thiophene rings is 2. The number of fused-ring (bicyclic) bond motifs is 1. The molecular weight excluding hydrogens is 384 g/mol. The van der Waals surface area contributed by atoms with Crippen LogP contribution in [0.4, 0.5) is 5.00 Å². The molecule has 0 saturated heterocycles. The minimum absolute atomic E-state index is 0.269. The quantitative estimate of drug-likeness (QED) is 0.657. The van der Waals surface area contributed by atoms with Crippen LogP contribution in [0, 0.1) is 0 Å². The molecule has 1 aliphatic rings. The van der Waals surface area contributed by atoms with Gasteiger partial charge in [-0.25, -0.2) is 0 Å². The molecule has 0 bridgehead atoms. The maximum Gasteiger partial charge on any atom is 0.306 e. The van der Waals surface area contributed by atoms with Crippen molar-refractivity contribution in [3.63, 3.8) is 0 Å². The summed E-state index contributed by atoms with van der Waals surface area (Å²) in [5, 5.41) is 5.15. The number of carbonyl (C=O) groups is 3. The van der Waals surface area contributed by atoms with Crippen molar-refractivity contribution in [3.8, 4) is 0 Å². The highest BCUT2D eigenvalue weighted by atomic mass is 32.1. The van der Waals surface area contributed by atoms with Crippen molar-refractivity contribution in [3.05, 3.63) is 38.4 Å². The molecule has 144 valence electrons. The molecule has 0 radical (unpaired) electrons. The first-order valence-corrected chi connectivity index (χ1v) is 10.7. The van der Waals surface area contributed by atoms with Crippen LogP contribution >= 0.6 is 22.7 Å². The molecule has 0 spiro atoms. The lowest BCUT2D eigenvalue weighted by Crippen LogP contribution is -2.22. The van der Waals surface area contributed by atoms with Gasteiger partial charge >= 0.3 is 5.97 Å². The summed E-state index contributed by atoms with van der Waals surface area (Å²) >= 11 is 3.05. The van der Waals surface area contributed by atoms with Crippen molar-refractivity contribution in [2.75, 3.05) is 11.9 Å². The molecule has 2 heterocycles. The SMILES string of the molecule is NC(=O)c1c(NC(=O)COC(=O)CCCc2cccs2)sc2c1CCCC2. The number of esters is 1. The van der Waals surface area contributed by atoms with E-state index in [0.717, 1.165) is 42.5 Å². The molecule has 2 amide bonds. The minimum atomic E-state index is -0.532. The van der Waals surface area contributed by atoms with Crippen LogP contribution in [0.1, 0.15) is 51.4 Å². The molecule has 0 atom stereocenters. The molecule has 2 aromatic heterocycles. The van der Waals surface area contributed by atoms with Gasteiger partial charge in [0.1, 0.15) is 5.00 Å². The molecule has 0 saturated carbocycles. The first kappa shape index (κ1) is 19.6. The third-order valence-corrected chi connectivity index (χ3v) is 6.56. The number of amides is 2. The van der Waals surface area contributed by atoms with Crippen LogP contribution in [0.2, 0.25) is 0 Å². The van der Waals surface area contributed by atoms with Gasteiger partial charge in [-0.3, -0.25) is 14.4 Å². The van der Waals surface area contributed by atoms with E-state index in [9.17, 15) is 14.4 Å². The summed E-state index contributed by atoms with van der Waals surface area (Å²) in [5.41, 5.74) is 6.87. The van der Waals surface area contributed by atoms with E-state index >= 15 is 0 Å². The Labute approximate surface area is 165 Å². The predicted octanol–water partition coefficient (Wildman–Crippen LogP) is 3.29. The van der Waals surface area contributed by atoms with E-state index in [1.54, 1.807) is 11.3 Å². The second kappa shape index (κ2) is 9.14. The molecule has 8 heteroatoms. The molecule has 0 fully saturated rings. The fourth-order valence-corrected chi connectivity index (χ4v) is 5.22. The van der Waals surface area contributed by atoms with Crippen molar-refractivity contribution in [1.82, 2.24) is 0 Å². The van der Waals surface area contributed by atoms with E-state index in [1.165, 1.54) is 16.2 Å². The number of primary amides is 1. The van der Waals surface area contributed by atoms with Crippen molar-refractivity contribution in [2.45, 2.75) is 44.9 Å². The summed E-state index contributed by atoms with van der Waals surface area (Å²) < 4.78 is 5.04. The van der Waals surface area contributed by atoms with Gasteiger partial charge in [-0.2, -0.15) is 0 Å². The van der Waals surface area contributed by atoms with Crippen LogP contribution in [-0.2, 0) is 33.6 Å². The zero-order chi connectivity index (χ0) is 19.2. The molecule has 0 aromatic carbocycles. The Bertz CT molecular complexity index is 827. The number of carbonyl (C=O) groups excluding carboxylic acids is 3. The highest BCUT2D eigenvalue weighted by Crippen LogP contribution is 2.37. The summed E-state index contributed by atoms with van der Waals surface area (Å²) in [5.74, 6) is -1.39. The summed E-state index contributed by atoms with van der Waals surface area (Å²) in [6, 6.07) is 4.01. The van der Waals surface area contributed by atoms with Crippen molar-refractivity contribution < 1.29 is 19.1 Å². The van der Waals surface area contributed by atoms with Crippen LogP contribution in [0.3, 0.4) is 0 Å². The van der Waals surface area contributed by atoms with Gasteiger partial charge in [0, 0.05) is 16.2 Å². The second-order valence-electron chi connectivity index (χ2n) is 6.42. The lowest BCUT2D eigenvalue weighted by molar-refractivity contribution is -0.147. The standard InChI is InChI=1S/C19H22N2O4S2/c20-18(24)17-13-7-1-2-8-14(13)27-19(17)21-15(22)11-25-16(23)9-3-5-12-6-4-10-26-12/h4,6,10H,1-3,5,7-9,11H2,(H2,20,24)(H,21,22). The van der Waals surface area contributed by atoms with Gasteiger partial charge in [0.25, 0.3) is 11.8 Å². The van der Waals surface area contributed by atoms with Gasteiger partial charge in [-0.05, 0) is 55.5 Å². The number of ether oxygens (including phenoxy) is 1. The lowest BCUT2D eigenvalue weighted by Gasteiger charge is -2.11. The van der Waals surface area contributed by atoms with Crippen LogP contribution in [-0.4, -0.2) is 24.4 Å². The first-order valence-electron chi connectivity index (χ1n) is 8.97. The topological polar surface area (TPSA) is 98.5 Å². The van der Waals surface area contributed by atoms with Crippen molar-refractivity contribution in [2.24, 2.45) is 5.73 Å². The van der Waals surface area contributed by atoms with Crippen LogP contribution < -0.4 is 11.1 Å². The van der Waals surface area contributed by atoms with Crippen molar-refractivity contribution >= 4 is 45.5 Å². The Morgan fingerprint density at radius 1 is 1.22 bits per heavy atom. The summed E-state index contributed by atoms with van der Waals surface area (Å²) in [7, 11) is 0. The van der Waals surface area contributed by atoms with Crippen LogP contribution in [0.25, 0.3) is 0 Å². The number of nitrogens with one attached hydrogen (secondary N) is 1. The van der Waals surface area contributed by atoms with E-state index in [2.05, 4.69) is 5.32 Å². The van der Waals surface area contributed by atoms with Gasteiger partial charge in [-0.1, -0.05) is 6.07 Å². The Hall–Kier alpha value is -2.19. The van der Waals surface area contributed by atoms with Gasteiger partial charge in [-0.15, -0.1) is 22.7 Å². The number of nitrogens with two attached hydrogens (primary N) is 1. The second-order valence-corrected chi connectivity index (χ2v) is 8.56. The molecule has 3 N–H and O–H groups in total. The van der Waals surface area contributed by atoms with Gasteiger partial charge in [0.05, 0.1) is 5.56 Å². The van der Waals surface area contributed by atoms with E-state index in [0.29, 0.717) is 17.0 Å². The van der Waals surface area contributed by atoms with Gasteiger partial charge < -0.3 is 15.8 Å². The van der Waals surface area contributed by atoms with Crippen LogP contribution in [0.5, 0.6) is 0 Å². The number of hydrogen-bond acceptors (Lipinski definition) is 6. The van der Waals surface area contributed by atoms with Gasteiger partial charge in [0.15, 0.2) is 6.61 Å².